The van der Waals surface area contributed by atoms with Crippen LogP contribution in [0.1, 0.15) is 10.4 Å². The van der Waals surface area contributed by atoms with Crippen LogP contribution in [-0.2, 0) is 10.0 Å². The van der Waals surface area contributed by atoms with Gasteiger partial charge in [-0.1, -0.05) is 0 Å². The molecule has 0 aliphatic rings. The molecule has 102 valence electrons. The number of halogens is 2. The maximum atomic E-state index is 12.0. The van der Waals surface area contributed by atoms with Crippen LogP contribution in [-0.4, -0.2) is 53.9 Å². The Labute approximate surface area is 99.7 Å². The van der Waals surface area contributed by atoms with E-state index >= 15 is 0 Å². The molecule has 0 aliphatic heterocycles. The smallest absolute Gasteiger partial charge is 0.340 e. The summed E-state index contributed by atoms with van der Waals surface area (Å²) in [6, 6.07) is 0. The molecular formula is C7H9F2N3O5S. The maximum Gasteiger partial charge on any atom is 0.340 e. The highest BCUT2D eigenvalue weighted by atomic mass is 32.2. The first kappa shape index (κ1) is 14.5. The third-order valence-electron chi connectivity index (χ3n) is 1.88. The zero-order chi connectivity index (χ0) is 13.9. The molecule has 1 atom stereocenters. The Morgan fingerprint density at radius 1 is 1.56 bits per heavy atom. The van der Waals surface area contributed by atoms with Crippen molar-refractivity contribution in [3.63, 3.8) is 0 Å². The quantitative estimate of drug-likeness (QED) is 0.530. The lowest BCUT2D eigenvalue weighted by atomic mass is 10.4. The van der Waals surface area contributed by atoms with E-state index in [2.05, 4.69) is 5.10 Å². The van der Waals surface area contributed by atoms with Crippen molar-refractivity contribution < 1.29 is 32.2 Å². The third kappa shape index (κ3) is 3.21. The summed E-state index contributed by atoms with van der Waals surface area (Å²) in [5.41, 5.74) is -0.631. The summed E-state index contributed by atoms with van der Waals surface area (Å²) < 4.78 is 48.6. The molecule has 8 nitrogen and oxygen atoms in total. The molecule has 0 amide bonds. The lowest BCUT2D eigenvalue weighted by Gasteiger charge is -2.10. The van der Waals surface area contributed by atoms with Gasteiger partial charge in [0.1, 0.15) is 11.7 Å². The number of H-pyrrole nitrogens is 1. The van der Waals surface area contributed by atoms with Gasteiger partial charge in [-0.25, -0.2) is 26.7 Å². The number of sulfonamides is 1. The van der Waals surface area contributed by atoms with Gasteiger partial charge in [0.25, 0.3) is 16.4 Å². The summed E-state index contributed by atoms with van der Waals surface area (Å²) in [4.78, 5) is 10.7. The average Bonchev–Trinajstić information content (AvgIpc) is 2.75. The van der Waals surface area contributed by atoms with Crippen LogP contribution in [0, 0.1) is 0 Å². The molecule has 0 saturated heterocycles. The average molecular weight is 285 g/mol. The topological polar surface area (TPSA) is 132 Å². The Balaban J connectivity index is 2.87. The number of hydrogen-bond acceptors (Lipinski definition) is 5. The van der Waals surface area contributed by atoms with Crippen LogP contribution in [0.5, 0.6) is 0 Å². The molecular weight excluding hydrogens is 276 g/mol. The van der Waals surface area contributed by atoms with E-state index in [0.29, 0.717) is 0 Å². The Hall–Kier alpha value is -1.59. The van der Waals surface area contributed by atoms with Crippen LogP contribution in [0.25, 0.3) is 0 Å². The molecule has 0 aromatic carbocycles. The van der Waals surface area contributed by atoms with E-state index in [9.17, 15) is 22.0 Å². The van der Waals surface area contributed by atoms with E-state index in [1.54, 1.807) is 4.72 Å². The number of carboxylic acid groups (broad SMARTS) is 1. The number of alkyl halides is 2. The van der Waals surface area contributed by atoms with Crippen molar-refractivity contribution >= 4 is 16.0 Å². The number of rotatable bonds is 6. The van der Waals surface area contributed by atoms with Crippen LogP contribution in [0.3, 0.4) is 0 Å². The highest BCUT2D eigenvalue weighted by Gasteiger charge is 2.26. The van der Waals surface area contributed by atoms with E-state index < -0.39 is 45.7 Å². The van der Waals surface area contributed by atoms with Crippen molar-refractivity contribution in [3.05, 3.63) is 11.8 Å². The molecule has 1 aromatic heterocycles. The Kier molecular flexibility index (Phi) is 4.32. The standard InChI is InChI=1S/C7H9F2N3O5S/c8-5(9)4(13)2-11-18(16,17)6-3(7(14)15)1-10-12-6/h1,4-5,11,13H,2H2,(H,10,12)(H,14,15). The van der Waals surface area contributed by atoms with Gasteiger partial charge in [0.05, 0.1) is 6.20 Å². The van der Waals surface area contributed by atoms with Crippen molar-refractivity contribution in [2.75, 3.05) is 6.54 Å². The summed E-state index contributed by atoms with van der Waals surface area (Å²) >= 11 is 0. The first-order chi connectivity index (χ1) is 8.25. The number of aliphatic hydroxyl groups excluding tert-OH is 1. The number of carboxylic acids is 1. The van der Waals surface area contributed by atoms with Gasteiger partial charge >= 0.3 is 5.97 Å². The second-order valence-electron chi connectivity index (χ2n) is 3.17. The minimum atomic E-state index is -4.36. The predicted molar refractivity (Wildman–Crippen MR) is 52.7 cm³/mol. The summed E-state index contributed by atoms with van der Waals surface area (Å²) in [5, 5.41) is 21.8. The number of nitrogens with zero attached hydrogens (tertiary/aromatic N) is 1. The van der Waals surface area contributed by atoms with Crippen molar-refractivity contribution in [3.8, 4) is 0 Å². The van der Waals surface area contributed by atoms with Gasteiger partial charge in [-0.2, -0.15) is 5.10 Å². The lowest BCUT2D eigenvalue weighted by Crippen LogP contribution is -2.36. The number of aromatic carboxylic acids is 1. The van der Waals surface area contributed by atoms with Crippen LogP contribution in [0.2, 0.25) is 0 Å². The number of hydrogen-bond donors (Lipinski definition) is 4. The summed E-state index contributed by atoms with van der Waals surface area (Å²) in [7, 11) is -4.36. The summed E-state index contributed by atoms with van der Waals surface area (Å²) in [6.45, 7) is -0.946. The minimum Gasteiger partial charge on any atom is -0.478 e. The van der Waals surface area contributed by atoms with Crippen molar-refractivity contribution in [2.24, 2.45) is 0 Å². The highest BCUT2D eigenvalue weighted by Crippen LogP contribution is 2.11. The first-order valence-electron chi connectivity index (χ1n) is 4.48. The molecule has 0 saturated carbocycles. The van der Waals surface area contributed by atoms with E-state index in [-0.39, 0.29) is 0 Å². The zero-order valence-corrected chi connectivity index (χ0v) is 9.49. The van der Waals surface area contributed by atoms with Crippen molar-refractivity contribution in [2.45, 2.75) is 17.6 Å². The SMILES string of the molecule is O=C(O)c1cn[nH]c1S(=O)(=O)NCC(O)C(F)F. The highest BCUT2D eigenvalue weighted by molar-refractivity contribution is 7.89. The predicted octanol–water partition coefficient (Wildman–Crippen LogP) is -0.988. The normalized spacial score (nSPS) is 13.8. The monoisotopic (exact) mass is 285 g/mol. The largest absolute Gasteiger partial charge is 0.478 e. The van der Waals surface area contributed by atoms with Crippen LogP contribution in [0.4, 0.5) is 8.78 Å². The molecule has 11 heteroatoms. The molecule has 1 heterocycles. The van der Waals surface area contributed by atoms with E-state index in [1.807, 2.05) is 5.10 Å². The molecule has 4 N–H and O–H groups in total. The molecule has 1 rings (SSSR count). The fraction of sp³-hybridized carbons (Fsp3) is 0.429. The van der Waals surface area contributed by atoms with Crippen LogP contribution >= 0.6 is 0 Å². The van der Waals surface area contributed by atoms with Gasteiger partial charge in [0.15, 0.2) is 5.03 Å². The molecule has 0 spiro atoms. The van der Waals surface area contributed by atoms with Crippen LogP contribution in [0.15, 0.2) is 11.2 Å². The molecule has 0 radical (unpaired) electrons. The molecule has 0 bridgehead atoms. The molecule has 18 heavy (non-hydrogen) atoms. The maximum absolute atomic E-state index is 12.0. The van der Waals surface area contributed by atoms with Crippen molar-refractivity contribution in [1.82, 2.24) is 14.9 Å². The molecule has 0 aliphatic carbocycles. The van der Waals surface area contributed by atoms with Gasteiger partial charge in [0.2, 0.25) is 0 Å². The van der Waals surface area contributed by atoms with E-state index in [1.165, 1.54) is 0 Å². The number of nitrogens with one attached hydrogen (secondary N) is 2. The van der Waals surface area contributed by atoms with Crippen LogP contribution < -0.4 is 4.72 Å². The Morgan fingerprint density at radius 3 is 2.67 bits per heavy atom. The van der Waals surface area contributed by atoms with Gasteiger partial charge < -0.3 is 10.2 Å². The fourth-order valence-electron chi connectivity index (χ4n) is 0.988. The molecule has 1 aromatic rings. The third-order valence-corrected chi connectivity index (χ3v) is 3.27. The summed E-state index contributed by atoms with van der Waals surface area (Å²) in [5.74, 6) is -1.54. The zero-order valence-electron chi connectivity index (χ0n) is 8.67. The number of aromatic nitrogens is 2. The van der Waals surface area contributed by atoms with E-state index in [0.717, 1.165) is 6.20 Å². The molecule has 1 unspecified atom stereocenters. The summed E-state index contributed by atoms with van der Waals surface area (Å²) in [6.07, 6.45) is -4.54. The first-order valence-corrected chi connectivity index (χ1v) is 5.96. The lowest BCUT2D eigenvalue weighted by molar-refractivity contribution is -0.000463. The van der Waals surface area contributed by atoms with Crippen molar-refractivity contribution in [1.29, 1.82) is 0 Å². The van der Waals surface area contributed by atoms with Gasteiger partial charge in [-0.15, -0.1) is 0 Å². The van der Waals surface area contributed by atoms with Gasteiger partial charge in [0, 0.05) is 6.54 Å². The molecule has 0 fully saturated rings. The van der Waals surface area contributed by atoms with Gasteiger partial charge in [-0.05, 0) is 0 Å². The Morgan fingerprint density at radius 2 is 2.17 bits per heavy atom. The Bertz CT molecular complexity index is 529. The van der Waals surface area contributed by atoms with Gasteiger partial charge in [-0.3, -0.25) is 5.10 Å². The minimum absolute atomic E-state index is 0.631. The fourth-order valence-corrected chi connectivity index (χ4v) is 2.12. The number of aliphatic hydroxyl groups is 1. The number of aromatic amines is 1. The second-order valence-corrected chi connectivity index (χ2v) is 4.88. The number of carbonyl (C=O) groups is 1. The second kappa shape index (κ2) is 5.37. The van der Waals surface area contributed by atoms with E-state index in [4.69, 9.17) is 10.2 Å².